The van der Waals surface area contributed by atoms with Crippen LogP contribution < -0.4 is 4.90 Å². The number of hydrogen-bond acceptors (Lipinski definition) is 4. The van der Waals surface area contributed by atoms with E-state index in [4.69, 9.17) is 16.6 Å². The first-order chi connectivity index (χ1) is 17.3. The van der Waals surface area contributed by atoms with E-state index in [9.17, 15) is 18.0 Å². The molecule has 0 radical (unpaired) electrons. The third-order valence-corrected chi connectivity index (χ3v) is 7.53. The van der Waals surface area contributed by atoms with Crippen molar-refractivity contribution < 1.29 is 18.0 Å². The number of H-pyrrole nitrogens is 1. The van der Waals surface area contributed by atoms with Gasteiger partial charge in [0, 0.05) is 12.7 Å². The molecule has 36 heavy (non-hydrogen) atoms. The number of imidazole rings is 1. The molecule has 184 valence electrons. The average Bonchev–Trinajstić information content (AvgIpc) is 3.25. The second-order valence-corrected chi connectivity index (χ2v) is 9.72. The number of anilines is 1. The molecule has 1 aromatic carbocycles. The summed E-state index contributed by atoms with van der Waals surface area (Å²) in [5.74, 6) is 0.404. The third kappa shape index (κ3) is 3.64. The Morgan fingerprint density at radius 2 is 1.89 bits per heavy atom. The molecule has 1 saturated carbocycles. The molecule has 1 N–H and O–H groups in total. The standard InChI is InChI=1S/C26H21ClF3N5O/c27-17-6-2-1-5-16(17)23(36)35-12-3-7-18-20(35)8-9-21(32-18)25(10-4-11-25)24-33-19-13-15(26(28,29)30)14-31-22(19)34-24/h1-2,5-6,8-9,13-14H,3-4,7,10-12H2,(H,31,33,34). The monoisotopic (exact) mass is 511 g/mol. The number of alkyl halides is 3. The highest BCUT2D eigenvalue weighted by molar-refractivity contribution is 6.34. The number of benzene rings is 1. The maximum Gasteiger partial charge on any atom is 0.417 e. The van der Waals surface area contributed by atoms with Gasteiger partial charge in [-0.05, 0) is 56.0 Å². The number of aromatic nitrogens is 4. The van der Waals surface area contributed by atoms with Crippen molar-refractivity contribution in [3.63, 3.8) is 0 Å². The van der Waals surface area contributed by atoms with Crippen molar-refractivity contribution in [3.05, 3.63) is 82.0 Å². The summed E-state index contributed by atoms with van der Waals surface area (Å²) < 4.78 is 39.5. The van der Waals surface area contributed by atoms with E-state index in [0.717, 1.165) is 61.4 Å². The number of pyridine rings is 2. The number of carbonyl (C=O) groups excluding carboxylic acids is 1. The van der Waals surface area contributed by atoms with Gasteiger partial charge in [-0.15, -0.1) is 0 Å². The normalized spacial score (nSPS) is 17.1. The second kappa shape index (κ2) is 8.30. The number of halogens is 4. The lowest BCUT2D eigenvalue weighted by molar-refractivity contribution is -0.137. The van der Waals surface area contributed by atoms with E-state index in [1.54, 1.807) is 29.2 Å². The lowest BCUT2D eigenvalue weighted by atomic mass is 9.65. The van der Waals surface area contributed by atoms with E-state index < -0.39 is 17.2 Å². The number of aryl methyl sites for hydroxylation is 1. The van der Waals surface area contributed by atoms with Crippen molar-refractivity contribution in [2.24, 2.45) is 0 Å². The highest BCUT2D eigenvalue weighted by Crippen LogP contribution is 2.48. The smallest absolute Gasteiger partial charge is 0.340 e. The number of hydrogen-bond donors (Lipinski definition) is 1. The summed E-state index contributed by atoms with van der Waals surface area (Å²) >= 11 is 6.27. The summed E-state index contributed by atoms with van der Waals surface area (Å²) in [5, 5.41) is 0.403. The van der Waals surface area contributed by atoms with Crippen LogP contribution in [0.5, 0.6) is 0 Å². The molecule has 1 aliphatic carbocycles. The van der Waals surface area contributed by atoms with Gasteiger partial charge in [-0.1, -0.05) is 30.2 Å². The van der Waals surface area contributed by atoms with E-state index in [1.165, 1.54) is 0 Å². The van der Waals surface area contributed by atoms with Gasteiger partial charge < -0.3 is 9.88 Å². The lowest BCUT2D eigenvalue weighted by Crippen LogP contribution is -2.39. The Labute approximate surface area is 209 Å². The Bertz CT molecular complexity index is 1490. The second-order valence-electron chi connectivity index (χ2n) is 9.32. The summed E-state index contributed by atoms with van der Waals surface area (Å²) in [5.41, 5.74) is 1.98. The Morgan fingerprint density at radius 1 is 1.08 bits per heavy atom. The maximum absolute atomic E-state index is 13.3. The minimum Gasteiger partial charge on any atom is -0.340 e. The van der Waals surface area contributed by atoms with Gasteiger partial charge in [0.2, 0.25) is 0 Å². The zero-order valence-electron chi connectivity index (χ0n) is 19.1. The molecule has 0 bridgehead atoms. The van der Waals surface area contributed by atoms with Gasteiger partial charge in [0.25, 0.3) is 5.91 Å². The average molecular weight is 512 g/mol. The van der Waals surface area contributed by atoms with Crippen LogP contribution in [0, 0.1) is 0 Å². The van der Waals surface area contributed by atoms with E-state index >= 15 is 0 Å². The first kappa shape index (κ1) is 23.0. The van der Waals surface area contributed by atoms with Crippen molar-refractivity contribution in [1.29, 1.82) is 0 Å². The van der Waals surface area contributed by atoms with Crippen LogP contribution in [-0.2, 0) is 18.0 Å². The fraction of sp³-hybridized carbons (Fsp3) is 0.308. The lowest BCUT2D eigenvalue weighted by Gasteiger charge is -2.40. The molecule has 10 heteroatoms. The molecule has 4 heterocycles. The van der Waals surface area contributed by atoms with Gasteiger partial charge in [0.05, 0.1) is 44.2 Å². The Morgan fingerprint density at radius 3 is 2.61 bits per heavy atom. The van der Waals surface area contributed by atoms with E-state index in [0.29, 0.717) is 23.0 Å². The van der Waals surface area contributed by atoms with Crippen LogP contribution in [-0.4, -0.2) is 32.4 Å². The van der Waals surface area contributed by atoms with Crippen molar-refractivity contribution in [2.45, 2.75) is 43.7 Å². The van der Waals surface area contributed by atoms with Gasteiger partial charge >= 0.3 is 6.18 Å². The maximum atomic E-state index is 13.3. The highest BCUT2D eigenvalue weighted by Gasteiger charge is 2.45. The number of amides is 1. The van der Waals surface area contributed by atoms with Crippen LogP contribution in [0.15, 0.2) is 48.7 Å². The van der Waals surface area contributed by atoms with Crippen LogP contribution in [0.2, 0.25) is 5.02 Å². The van der Waals surface area contributed by atoms with Crippen LogP contribution in [0.1, 0.15) is 58.8 Å². The summed E-state index contributed by atoms with van der Waals surface area (Å²) in [7, 11) is 0. The Balaban J connectivity index is 1.37. The molecule has 0 spiro atoms. The number of carbonyl (C=O) groups is 1. The van der Waals surface area contributed by atoms with Crippen LogP contribution >= 0.6 is 11.6 Å². The van der Waals surface area contributed by atoms with Crippen molar-refractivity contribution in [1.82, 2.24) is 19.9 Å². The Hall–Kier alpha value is -3.46. The molecule has 4 aromatic rings. The topological polar surface area (TPSA) is 74.8 Å². The number of aromatic amines is 1. The molecule has 6 rings (SSSR count). The molecular weight excluding hydrogens is 491 g/mol. The fourth-order valence-electron chi connectivity index (χ4n) is 5.13. The molecule has 0 saturated heterocycles. The van der Waals surface area contributed by atoms with Crippen LogP contribution in [0.25, 0.3) is 11.2 Å². The highest BCUT2D eigenvalue weighted by atomic mass is 35.5. The minimum absolute atomic E-state index is 0.168. The van der Waals surface area contributed by atoms with Gasteiger partial charge in [0.15, 0.2) is 5.65 Å². The first-order valence-electron chi connectivity index (χ1n) is 11.8. The predicted octanol–water partition coefficient (Wildman–Crippen LogP) is 6.09. The molecule has 6 nitrogen and oxygen atoms in total. The largest absolute Gasteiger partial charge is 0.417 e. The fourth-order valence-corrected chi connectivity index (χ4v) is 5.35. The third-order valence-electron chi connectivity index (χ3n) is 7.20. The van der Waals surface area contributed by atoms with Gasteiger partial charge in [-0.2, -0.15) is 13.2 Å². The number of rotatable bonds is 3. The zero-order valence-corrected chi connectivity index (χ0v) is 19.8. The van der Waals surface area contributed by atoms with Crippen molar-refractivity contribution in [3.8, 4) is 0 Å². The first-order valence-corrected chi connectivity index (χ1v) is 12.1. The van der Waals surface area contributed by atoms with E-state index in [1.807, 2.05) is 12.1 Å². The molecular formula is C26H21ClF3N5O. The van der Waals surface area contributed by atoms with Gasteiger partial charge in [-0.25, -0.2) is 9.97 Å². The van der Waals surface area contributed by atoms with E-state index in [2.05, 4.69) is 15.0 Å². The van der Waals surface area contributed by atoms with Crippen molar-refractivity contribution in [2.75, 3.05) is 11.4 Å². The predicted molar refractivity (Wildman–Crippen MR) is 129 cm³/mol. The summed E-state index contributed by atoms with van der Waals surface area (Å²) in [6, 6.07) is 11.8. The molecule has 1 aliphatic heterocycles. The summed E-state index contributed by atoms with van der Waals surface area (Å²) in [4.78, 5) is 31.5. The SMILES string of the molecule is O=C(c1ccccc1Cl)N1CCCc2nc(C3(c4nc5ncc(C(F)(F)F)cc5[nH]4)CCC3)ccc21. The number of nitrogens with one attached hydrogen (secondary N) is 1. The number of fused-ring (bicyclic) bond motifs is 2. The summed E-state index contributed by atoms with van der Waals surface area (Å²) in [6.45, 7) is 0.569. The van der Waals surface area contributed by atoms with Crippen LogP contribution in [0.4, 0.5) is 18.9 Å². The number of nitrogens with zero attached hydrogens (tertiary/aromatic N) is 4. The zero-order chi connectivity index (χ0) is 25.1. The van der Waals surface area contributed by atoms with Gasteiger partial charge in [0.1, 0.15) is 5.82 Å². The van der Waals surface area contributed by atoms with Gasteiger partial charge in [-0.3, -0.25) is 9.78 Å². The molecule has 1 amide bonds. The molecule has 1 fully saturated rings. The quantitative estimate of drug-likeness (QED) is 0.361. The molecule has 0 atom stereocenters. The van der Waals surface area contributed by atoms with Crippen molar-refractivity contribution >= 4 is 34.4 Å². The summed E-state index contributed by atoms with van der Waals surface area (Å²) in [6.07, 6.45) is 0.313. The minimum atomic E-state index is -4.48. The molecule has 3 aromatic heterocycles. The molecule has 0 unspecified atom stereocenters. The Kier molecular flexibility index (Phi) is 5.29. The van der Waals surface area contributed by atoms with E-state index in [-0.39, 0.29) is 17.1 Å². The van der Waals surface area contributed by atoms with Crippen LogP contribution in [0.3, 0.4) is 0 Å². The molecule has 2 aliphatic rings.